The molecule has 34 heavy (non-hydrogen) atoms. The second-order valence-corrected chi connectivity index (χ2v) is 9.55. The van der Waals surface area contributed by atoms with Crippen LogP contribution in [0.2, 0.25) is 0 Å². The molecule has 0 fully saturated rings. The molecule has 174 valence electrons. The number of sulfonamides is 1. The van der Waals surface area contributed by atoms with Crippen LogP contribution < -0.4 is 43.7 Å². The number of carbonyl (C=O) groups excluding carboxylic acids is 1. The van der Waals surface area contributed by atoms with Crippen molar-refractivity contribution in [1.82, 2.24) is 4.98 Å². The van der Waals surface area contributed by atoms with Crippen LogP contribution in [0.1, 0.15) is 34.0 Å². The molecule has 1 aromatic heterocycles. The number of alkyl halides is 1. The van der Waals surface area contributed by atoms with Gasteiger partial charge in [0.15, 0.2) is 0 Å². The Balaban J connectivity index is 0.00000408. The number of pyridine rings is 1. The Bertz CT molecular complexity index is 1240. The first-order valence-electron chi connectivity index (χ1n) is 10.2. The fourth-order valence-corrected chi connectivity index (χ4v) is 4.67. The Morgan fingerprint density at radius 1 is 1.15 bits per heavy atom. The number of hydrogen-bond donors (Lipinski definition) is 0. The van der Waals surface area contributed by atoms with E-state index in [4.69, 9.17) is 4.74 Å². The van der Waals surface area contributed by atoms with Crippen LogP contribution in [0.15, 0.2) is 65.8 Å². The first-order chi connectivity index (χ1) is 15.6. The van der Waals surface area contributed by atoms with E-state index in [-0.39, 0.29) is 58.1 Å². The van der Waals surface area contributed by atoms with Crippen molar-refractivity contribution in [2.24, 2.45) is 0 Å². The third-order valence-corrected chi connectivity index (χ3v) is 6.83. The fourth-order valence-electron chi connectivity index (χ4n) is 3.16. The van der Waals surface area contributed by atoms with Gasteiger partial charge in [-0.25, -0.2) is 12.8 Å². The molecular weight excluding hydrogens is 470 g/mol. The van der Waals surface area contributed by atoms with Crippen LogP contribution in [0.3, 0.4) is 0 Å². The third-order valence-electron chi connectivity index (χ3n) is 5.07. The minimum absolute atomic E-state index is 0. The summed E-state index contributed by atoms with van der Waals surface area (Å²) in [7, 11) is -4.12. The van der Waals surface area contributed by atoms with Crippen molar-refractivity contribution in [2.75, 3.05) is 10.8 Å². The largest absolute Gasteiger partial charge is 1.00 e. The number of anilines is 1. The maximum atomic E-state index is 14.1. The summed E-state index contributed by atoms with van der Waals surface area (Å²) in [4.78, 5) is 14.8. The van der Waals surface area contributed by atoms with E-state index in [1.54, 1.807) is 24.3 Å². The number of nitrogens with zero attached hydrogens (tertiary/aromatic N) is 2. The molecule has 0 spiro atoms. The Hall–Kier alpha value is -2.46. The van der Waals surface area contributed by atoms with Gasteiger partial charge >= 0.3 is 29.6 Å². The standard InChI is InChI=1S/C24H25FN2O5S.Na/c1-16-11-22(27(14-18(3)25)33(30,31)21-5-4-10-26-13-21)23(12-17(16)2)32-15-19-6-8-20(9-7-19)24(28)29;/h4-13,18H,14-15H2,1-3H3,(H,28,29);/q;+1/p-1/t18-;/m1./s1. The number of halogens is 1. The van der Waals surface area contributed by atoms with Crippen molar-refractivity contribution in [3.05, 3.63) is 83.2 Å². The third kappa shape index (κ3) is 6.56. The van der Waals surface area contributed by atoms with E-state index in [0.717, 1.165) is 15.4 Å². The molecule has 0 N–H and O–H groups in total. The van der Waals surface area contributed by atoms with Crippen LogP contribution in [0.5, 0.6) is 5.75 Å². The molecule has 0 radical (unpaired) electrons. The molecule has 7 nitrogen and oxygen atoms in total. The van der Waals surface area contributed by atoms with E-state index in [1.807, 2.05) is 13.8 Å². The van der Waals surface area contributed by atoms with Crippen LogP contribution in [0, 0.1) is 13.8 Å². The second kappa shape index (κ2) is 11.8. The number of benzene rings is 2. The Labute approximate surface area is 220 Å². The molecule has 0 amide bonds. The summed E-state index contributed by atoms with van der Waals surface area (Å²) in [6.45, 7) is 4.62. The zero-order valence-electron chi connectivity index (χ0n) is 19.5. The van der Waals surface area contributed by atoms with Crippen LogP contribution in [-0.4, -0.2) is 32.1 Å². The van der Waals surface area contributed by atoms with Gasteiger partial charge in [0.25, 0.3) is 10.0 Å². The monoisotopic (exact) mass is 494 g/mol. The minimum Gasteiger partial charge on any atom is -0.545 e. The summed E-state index contributed by atoms with van der Waals surface area (Å²) in [5, 5.41) is 10.9. The van der Waals surface area contributed by atoms with E-state index in [2.05, 4.69) is 4.98 Å². The van der Waals surface area contributed by atoms with Gasteiger partial charge in [-0.3, -0.25) is 9.29 Å². The van der Waals surface area contributed by atoms with Crippen molar-refractivity contribution in [2.45, 2.75) is 38.4 Å². The number of rotatable bonds is 9. The number of carboxylic acids is 1. The van der Waals surface area contributed by atoms with Gasteiger partial charge in [-0.1, -0.05) is 24.3 Å². The van der Waals surface area contributed by atoms with E-state index < -0.39 is 28.7 Å². The molecule has 0 aliphatic heterocycles. The molecule has 0 bridgehead atoms. The van der Waals surface area contributed by atoms with E-state index in [0.29, 0.717) is 5.56 Å². The van der Waals surface area contributed by atoms with Gasteiger partial charge in [-0.05, 0) is 67.3 Å². The normalized spacial score (nSPS) is 11.9. The molecule has 2 aromatic carbocycles. The van der Waals surface area contributed by atoms with Crippen LogP contribution in [0.25, 0.3) is 0 Å². The maximum absolute atomic E-state index is 14.1. The van der Waals surface area contributed by atoms with Crippen LogP contribution >= 0.6 is 0 Å². The fraction of sp³-hybridized carbons (Fsp3) is 0.250. The van der Waals surface area contributed by atoms with E-state index in [1.165, 1.54) is 43.6 Å². The number of hydrogen-bond acceptors (Lipinski definition) is 6. The average molecular weight is 495 g/mol. The zero-order valence-corrected chi connectivity index (χ0v) is 22.3. The van der Waals surface area contributed by atoms with Gasteiger partial charge in [0.2, 0.25) is 0 Å². The van der Waals surface area contributed by atoms with Gasteiger partial charge in [-0.15, -0.1) is 0 Å². The number of carboxylic acid groups (broad SMARTS) is 1. The molecule has 3 aromatic rings. The maximum Gasteiger partial charge on any atom is 1.00 e. The Morgan fingerprint density at radius 2 is 1.79 bits per heavy atom. The Kier molecular flexibility index (Phi) is 9.64. The SMILES string of the molecule is Cc1cc(OCc2ccc(C(=O)[O-])cc2)c(N(C[C@@H](C)F)S(=O)(=O)c2cccnc2)cc1C.[Na+]. The van der Waals surface area contributed by atoms with Crippen LogP contribution in [0.4, 0.5) is 10.1 Å². The van der Waals surface area contributed by atoms with Gasteiger partial charge < -0.3 is 14.6 Å². The Morgan fingerprint density at radius 3 is 2.35 bits per heavy atom. The summed E-state index contributed by atoms with van der Waals surface area (Å²) in [5.41, 5.74) is 2.60. The van der Waals surface area contributed by atoms with Gasteiger partial charge in [0, 0.05) is 12.4 Å². The molecule has 0 saturated heterocycles. The first kappa shape index (κ1) is 27.8. The van der Waals surface area contributed by atoms with Crippen molar-refractivity contribution in [3.63, 3.8) is 0 Å². The minimum atomic E-state index is -4.12. The van der Waals surface area contributed by atoms with E-state index >= 15 is 0 Å². The first-order valence-corrected chi connectivity index (χ1v) is 11.6. The predicted molar refractivity (Wildman–Crippen MR) is 120 cm³/mol. The number of aromatic carboxylic acids is 1. The predicted octanol–water partition coefficient (Wildman–Crippen LogP) is 0.198. The topological polar surface area (TPSA) is 99.6 Å². The van der Waals surface area contributed by atoms with Gasteiger partial charge in [0.05, 0.1) is 18.2 Å². The molecule has 1 atom stereocenters. The summed E-state index contributed by atoms with van der Waals surface area (Å²) in [6, 6.07) is 12.2. The van der Waals surface area contributed by atoms with Crippen molar-refractivity contribution in [3.8, 4) is 5.75 Å². The number of carbonyl (C=O) groups is 1. The average Bonchev–Trinajstić information content (AvgIpc) is 2.78. The van der Waals surface area contributed by atoms with Crippen molar-refractivity contribution < 1.29 is 57.0 Å². The smallest absolute Gasteiger partial charge is 0.545 e. The molecule has 0 unspecified atom stereocenters. The molecule has 10 heteroatoms. The van der Waals surface area contributed by atoms with Crippen molar-refractivity contribution >= 4 is 21.7 Å². The molecule has 3 rings (SSSR count). The summed E-state index contributed by atoms with van der Waals surface area (Å²) in [5.74, 6) is -1.02. The molecular formula is C24H24FN2NaO5S. The number of aryl methyl sites for hydroxylation is 2. The van der Waals surface area contributed by atoms with Gasteiger partial charge in [-0.2, -0.15) is 0 Å². The molecule has 0 saturated carbocycles. The number of aromatic nitrogens is 1. The second-order valence-electron chi connectivity index (χ2n) is 7.68. The number of ether oxygens (including phenoxy) is 1. The van der Waals surface area contributed by atoms with Gasteiger partial charge in [0.1, 0.15) is 23.4 Å². The van der Waals surface area contributed by atoms with Crippen molar-refractivity contribution in [1.29, 1.82) is 0 Å². The molecule has 0 aliphatic carbocycles. The quantitative estimate of drug-likeness (QED) is 0.394. The molecule has 0 aliphatic rings. The summed E-state index contributed by atoms with van der Waals surface area (Å²) < 4.78 is 47.9. The zero-order chi connectivity index (χ0) is 24.2. The summed E-state index contributed by atoms with van der Waals surface area (Å²) in [6.07, 6.45) is 1.23. The summed E-state index contributed by atoms with van der Waals surface area (Å²) >= 11 is 0. The molecule has 1 heterocycles. The van der Waals surface area contributed by atoms with Crippen LogP contribution in [-0.2, 0) is 16.6 Å². The van der Waals surface area contributed by atoms with E-state index in [9.17, 15) is 22.7 Å².